The van der Waals surface area contributed by atoms with Crippen molar-refractivity contribution in [3.05, 3.63) is 35.8 Å². The molecule has 0 unspecified atom stereocenters. The Hall–Kier alpha value is -3.41. The van der Waals surface area contributed by atoms with Crippen LogP contribution in [0.3, 0.4) is 0 Å². The molecule has 0 spiro atoms. The molecule has 3 amide bonds. The first-order valence-corrected chi connectivity index (χ1v) is 10.6. The largest absolute Gasteiger partial charge is 0.356 e. The number of nitriles is 1. The smallest absolute Gasteiger partial charge is 0.268 e. The van der Waals surface area contributed by atoms with Crippen LogP contribution in [0.5, 0.6) is 0 Å². The molecular formula is C23H28FN5O3. The molecule has 2 aromatic rings. The zero-order valence-electron chi connectivity index (χ0n) is 18.4. The highest BCUT2D eigenvalue weighted by Crippen LogP contribution is 2.23. The van der Waals surface area contributed by atoms with Gasteiger partial charge in [0.2, 0.25) is 11.8 Å². The average molecular weight is 442 g/mol. The second-order valence-electron chi connectivity index (χ2n) is 9.41. The number of nitrogens with one attached hydrogen (secondary N) is 4. The van der Waals surface area contributed by atoms with E-state index in [-0.39, 0.29) is 29.4 Å². The van der Waals surface area contributed by atoms with Gasteiger partial charge >= 0.3 is 0 Å². The lowest BCUT2D eigenvalue weighted by atomic mass is 9.87. The first-order chi connectivity index (χ1) is 15.1. The molecule has 2 heterocycles. The van der Waals surface area contributed by atoms with Crippen molar-refractivity contribution in [1.29, 1.82) is 5.26 Å². The fraction of sp³-hybridized carbons (Fsp3) is 0.478. The minimum absolute atomic E-state index is 0.116. The molecule has 8 nitrogen and oxygen atoms in total. The van der Waals surface area contributed by atoms with Crippen LogP contribution in [0.15, 0.2) is 24.3 Å². The molecule has 0 bridgehead atoms. The van der Waals surface area contributed by atoms with E-state index in [9.17, 15) is 24.0 Å². The molecule has 170 valence electrons. The Morgan fingerprint density at radius 3 is 2.66 bits per heavy atom. The van der Waals surface area contributed by atoms with Gasteiger partial charge in [0, 0.05) is 23.4 Å². The quantitative estimate of drug-likeness (QED) is 0.526. The maximum atomic E-state index is 13.4. The summed E-state index contributed by atoms with van der Waals surface area (Å²) < 4.78 is 13.4. The Morgan fingerprint density at radius 1 is 1.28 bits per heavy atom. The molecule has 1 aliphatic rings. The lowest BCUT2D eigenvalue weighted by Gasteiger charge is -2.27. The number of halogens is 1. The zero-order chi connectivity index (χ0) is 23.5. The summed E-state index contributed by atoms with van der Waals surface area (Å²) in [6.45, 7) is 6.38. The highest BCUT2D eigenvalue weighted by Gasteiger charge is 2.31. The molecule has 0 radical (unpaired) electrons. The monoisotopic (exact) mass is 441 g/mol. The van der Waals surface area contributed by atoms with Crippen LogP contribution in [-0.4, -0.2) is 41.3 Å². The number of carbonyl (C=O) groups excluding carboxylic acids is 3. The summed E-state index contributed by atoms with van der Waals surface area (Å²) in [5.74, 6) is -1.85. The van der Waals surface area contributed by atoms with Crippen LogP contribution in [0.1, 0.15) is 50.5 Å². The predicted octanol–water partition coefficient (Wildman–Crippen LogP) is 2.38. The molecule has 1 aromatic heterocycles. The topological polar surface area (TPSA) is 127 Å². The Bertz CT molecular complexity index is 1070. The van der Waals surface area contributed by atoms with E-state index in [1.807, 2.05) is 26.8 Å². The van der Waals surface area contributed by atoms with Crippen LogP contribution in [0, 0.1) is 28.5 Å². The molecule has 1 saturated heterocycles. The molecule has 9 heteroatoms. The van der Waals surface area contributed by atoms with Gasteiger partial charge in [0.15, 0.2) is 0 Å². The van der Waals surface area contributed by atoms with Gasteiger partial charge in [0.1, 0.15) is 23.6 Å². The van der Waals surface area contributed by atoms with Crippen molar-refractivity contribution in [2.45, 2.75) is 52.1 Å². The van der Waals surface area contributed by atoms with Crippen LogP contribution in [-0.2, 0) is 9.59 Å². The van der Waals surface area contributed by atoms with Gasteiger partial charge in [-0.15, -0.1) is 0 Å². The van der Waals surface area contributed by atoms with Gasteiger partial charge in [-0.05, 0) is 48.9 Å². The second-order valence-corrected chi connectivity index (χ2v) is 9.41. The van der Waals surface area contributed by atoms with Crippen LogP contribution in [0.2, 0.25) is 0 Å². The number of aromatic amines is 1. The van der Waals surface area contributed by atoms with E-state index in [1.54, 1.807) is 12.1 Å². The molecule has 3 rings (SSSR count). The minimum atomic E-state index is -0.890. The van der Waals surface area contributed by atoms with Crippen molar-refractivity contribution in [3.63, 3.8) is 0 Å². The lowest BCUT2D eigenvalue weighted by Crippen LogP contribution is -2.51. The third kappa shape index (κ3) is 5.84. The van der Waals surface area contributed by atoms with Crippen molar-refractivity contribution in [3.8, 4) is 6.07 Å². The summed E-state index contributed by atoms with van der Waals surface area (Å²) in [5.41, 5.74) is 0.398. The van der Waals surface area contributed by atoms with Gasteiger partial charge < -0.3 is 20.9 Å². The maximum absolute atomic E-state index is 13.4. The van der Waals surface area contributed by atoms with Gasteiger partial charge in [-0.2, -0.15) is 5.26 Å². The van der Waals surface area contributed by atoms with E-state index >= 15 is 0 Å². The number of H-pyrrole nitrogens is 1. The third-order valence-electron chi connectivity index (χ3n) is 5.42. The Balaban J connectivity index is 1.72. The second kappa shape index (κ2) is 9.39. The van der Waals surface area contributed by atoms with Crippen LogP contribution in [0.4, 0.5) is 4.39 Å². The molecule has 1 aromatic carbocycles. The number of aromatic nitrogens is 1. The van der Waals surface area contributed by atoms with Gasteiger partial charge in [-0.25, -0.2) is 4.39 Å². The Kier molecular flexibility index (Phi) is 6.82. The summed E-state index contributed by atoms with van der Waals surface area (Å²) in [6, 6.07) is 6.06. The Labute approximate surface area is 185 Å². The number of amides is 3. The number of carbonyl (C=O) groups is 3. The van der Waals surface area contributed by atoms with E-state index in [0.29, 0.717) is 30.3 Å². The SMILES string of the molecule is CC(C)(C)C[C@H](NC(=O)c1cc2ccc(F)cc2[nH]1)C(=O)N[C@H](C#N)C[C@@H]1CCNC1=O. The van der Waals surface area contributed by atoms with E-state index in [4.69, 9.17) is 0 Å². The minimum Gasteiger partial charge on any atom is -0.356 e. The van der Waals surface area contributed by atoms with Crippen molar-refractivity contribution in [2.75, 3.05) is 6.54 Å². The van der Waals surface area contributed by atoms with E-state index < -0.39 is 29.7 Å². The van der Waals surface area contributed by atoms with Gasteiger partial charge in [0.25, 0.3) is 5.91 Å². The molecule has 1 aliphatic heterocycles. The summed E-state index contributed by atoms with van der Waals surface area (Å²) in [4.78, 5) is 40.5. The molecule has 32 heavy (non-hydrogen) atoms. The summed E-state index contributed by atoms with van der Waals surface area (Å²) in [5, 5.41) is 18.3. The summed E-state index contributed by atoms with van der Waals surface area (Å²) >= 11 is 0. The highest BCUT2D eigenvalue weighted by atomic mass is 19.1. The Morgan fingerprint density at radius 2 is 2.03 bits per heavy atom. The van der Waals surface area contributed by atoms with Gasteiger partial charge in [0.05, 0.1) is 6.07 Å². The molecular weight excluding hydrogens is 413 g/mol. The lowest BCUT2D eigenvalue weighted by molar-refractivity contribution is -0.125. The van der Waals surface area contributed by atoms with Crippen molar-refractivity contribution >= 4 is 28.6 Å². The number of hydrogen-bond acceptors (Lipinski definition) is 4. The molecule has 0 aliphatic carbocycles. The first-order valence-electron chi connectivity index (χ1n) is 10.6. The fourth-order valence-corrected chi connectivity index (χ4v) is 3.85. The van der Waals surface area contributed by atoms with E-state index in [2.05, 4.69) is 20.9 Å². The van der Waals surface area contributed by atoms with E-state index in [0.717, 1.165) is 0 Å². The van der Waals surface area contributed by atoms with Gasteiger partial charge in [-0.1, -0.05) is 20.8 Å². The third-order valence-corrected chi connectivity index (χ3v) is 5.42. The zero-order valence-corrected chi connectivity index (χ0v) is 18.4. The average Bonchev–Trinajstić information content (AvgIpc) is 3.31. The summed E-state index contributed by atoms with van der Waals surface area (Å²) in [6.07, 6.45) is 1.18. The number of benzene rings is 1. The standard InChI is InChI=1S/C23H28FN5O3/c1-23(2,3)11-19(22(32)27-16(12-25)8-14-6-7-26-20(14)30)29-21(31)18-9-13-4-5-15(24)10-17(13)28-18/h4-5,9-10,14,16,19,28H,6-8,11H2,1-3H3,(H,26,30)(H,27,32)(H,29,31)/t14-,16-,19-/m0/s1. The van der Waals surface area contributed by atoms with E-state index in [1.165, 1.54) is 12.1 Å². The maximum Gasteiger partial charge on any atom is 0.268 e. The number of hydrogen-bond donors (Lipinski definition) is 4. The van der Waals surface area contributed by atoms with Crippen LogP contribution < -0.4 is 16.0 Å². The van der Waals surface area contributed by atoms with Gasteiger partial charge in [-0.3, -0.25) is 14.4 Å². The normalized spacial score (nSPS) is 18.0. The molecule has 0 saturated carbocycles. The molecule has 4 N–H and O–H groups in total. The van der Waals surface area contributed by atoms with Crippen molar-refractivity contribution in [1.82, 2.24) is 20.9 Å². The highest BCUT2D eigenvalue weighted by molar-refractivity contribution is 6.00. The van der Waals surface area contributed by atoms with Crippen LogP contribution >= 0.6 is 0 Å². The fourth-order valence-electron chi connectivity index (χ4n) is 3.85. The first kappa shape index (κ1) is 23.3. The predicted molar refractivity (Wildman–Crippen MR) is 117 cm³/mol. The number of rotatable bonds is 7. The van der Waals surface area contributed by atoms with Crippen LogP contribution in [0.25, 0.3) is 10.9 Å². The summed E-state index contributed by atoms with van der Waals surface area (Å²) in [7, 11) is 0. The molecule has 3 atom stereocenters. The number of nitrogens with zero attached hydrogens (tertiary/aromatic N) is 1. The van der Waals surface area contributed by atoms with Crippen molar-refractivity contribution < 1.29 is 18.8 Å². The van der Waals surface area contributed by atoms with Crippen molar-refractivity contribution in [2.24, 2.45) is 11.3 Å². The number of fused-ring (bicyclic) bond motifs is 1. The molecule has 1 fully saturated rings.